The number of aromatic nitrogens is 2. The predicted octanol–water partition coefficient (Wildman–Crippen LogP) is 4.76. The maximum Gasteiger partial charge on any atom is 0.229 e. The topological polar surface area (TPSA) is 64.8 Å². The highest BCUT2D eigenvalue weighted by molar-refractivity contribution is 5.85. The van der Waals surface area contributed by atoms with Gasteiger partial charge in [0.25, 0.3) is 0 Å². The normalized spacial score (nSPS) is 16.1. The summed E-state index contributed by atoms with van der Waals surface area (Å²) >= 11 is 0. The number of nitrogens with zero attached hydrogens (tertiary/aromatic N) is 4. The molecule has 1 fully saturated rings. The number of nitriles is 1. The first-order valence-corrected chi connectivity index (χ1v) is 9.03. The Morgan fingerprint density at radius 1 is 1.31 bits per heavy atom. The second kappa shape index (κ2) is 8.86. The Balaban J connectivity index is 0.00000243. The predicted molar refractivity (Wildman–Crippen MR) is 108 cm³/mol. The Bertz CT molecular complexity index is 799. The molecule has 0 spiro atoms. The highest BCUT2D eigenvalue weighted by Crippen LogP contribution is 2.26. The lowest BCUT2D eigenvalue weighted by Gasteiger charge is -2.23. The smallest absolute Gasteiger partial charge is 0.229 e. The molecule has 3 rings (SSSR count). The molecule has 1 N–H and O–H groups in total. The zero-order chi connectivity index (χ0) is 17.8. The van der Waals surface area contributed by atoms with Crippen molar-refractivity contribution in [2.45, 2.75) is 52.5 Å². The fourth-order valence-corrected chi connectivity index (χ4v) is 3.29. The van der Waals surface area contributed by atoms with E-state index in [4.69, 9.17) is 4.98 Å². The lowest BCUT2D eigenvalue weighted by molar-refractivity contribution is 0.724. The van der Waals surface area contributed by atoms with Crippen molar-refractivity contribution in [2.24, 2.45) is 0 Å². The number of aryl methyl sites for hydroxylation is 2. The summed E-state index contributed by atoms with van der Waals surface area (Å²) in [7, 11) is 0. The van der Waals surface area contributed by atoms with Gasteiger partial charge in [0, 0.05) is 30.0 Å². The van der Waals surface area contributed by atoms with E-state index in [1.807, 2.05) is 25.1 Å². The fourth-order valence-electron chi connectivity index (χ4n) is 3.29. The lowest BCUT2D eigenvalue weighted by Crippen LogP contribution is -2.27. The fraction of sp³-hybridized carbons (Fsp3) is 0.450. The van der Waals surface area contributed by atoms with Crippen LogP contribution in [0.2, 0.25) is 0 Å². The van der Waals surface area contributed by atoms with Crippen LogP contribution >= 0.6 is 12.4 Å². The monoisotopic (exact) mass is 371 g/mol. The molecule has 1 aromatic heterocycles. The maximum absolute atomic E-state index is 9.22. The zero-order valence-electron chi connectivity index (χ0n) is 15.6. The molecule has 0 saturated carbocycles. The highest BCUT2D eigenvalue weighted by atomic mass is 35.5. The van der Waals surface area contributed by atoms with Crippen LogP contribution in [-0.2, 0) is 6.42 Å². The van der Waals surface area contributed by atoms with E-state index in [1.54, 1.807) is 0 Å². The number of hydrogen-bond donors (Lipinski definition) is 1. The molecule has 0 aliphatic carbocycles. The molecule has 0 bridgehead atoms. The van der Waals surface area contributed by atoms with Crippen molar-refractivity contribution in [1.82, 2.24) is 9.97 Å². The standard InChI is InChI=1S/C20H25N5.ClH/c1-4-6-17-12-19(25-10-5-7-15(25)3)24-20(22-17)23-18-9-8-14(2)16(11-18)13-21;/h8-9,11-12,15H,4-7,10H2,1-3H3,(H,22,23,24);1H. The number of anilines is 3. The van der Waals surface area contributed by atoms with Crippen LogP contribution in [0.25, 0.3) is 0 Å². The van der Waals surface area contributed by atoms with Crippen LogP contribution in [0.15, 0.2) is 24.3 Å². The van der Waals surface area contributed by atoms with E-state index in [0.717, 1.165) is 42.1 Å². The van der Waals surface area contributed by atoms with Gasteiger partial charge in [0.1, 0.15) is 5.82 Å². The van der Waals surface area contributed by atoms with Gasteiger partial charge in [-0.05, 0) is 50.8 Å². The number of halogens is 1. The summed E-state index contributed by atoms with van der Waals surface area (Å²) in [5, 5.41) is 12.5. The molecule has 26 heavy (non-hydrogen) atoms. The van der Waals surface area contributed by atoms with Crippen molar-refractivity contribution in [1.29, 1.82) is 5.26 Å². The summed E-state index contributed by atoms with van der Waals surface area (Å²) in [5.74, 6) is 1.60. The SMILES string of the molecule is CCCc1cc(N2CCCC2C)nc(Nc2ccc(C)c(C#N)c2)n1.Cl. The third-order valence-corrected chi connectivity index (χ3v) is 4.73. The second-order valence-electron chi connectivity index (χ2n) is 6.74. The average Bonchev–Trinajstić information content (AvgIpc) is 3.03. The van der Waals surface area contributed by atoms with Crippen LogP contribution in [0.5, 0.6) is 0 Å². The first kappa shape index (κ1) is 20.0. The quantitative estimate of drug-likeness (QED) is 0.820. The Morgan fingerprint density at radius 3 is 2.77 bits per heavy atom. The van der Waals surface area contributed by atoms with E-state index < -0.39 is 0 Å². The molecule has 1 aliphatic rings. The number of nitrogens with one attached hydrogen (secondary N) is 1. The van der Waals surface area contributed by atoms with Crippen LogP contribution in [0.3, 0.4) is 0 Å². The number of benzene rings is 1. The summed E-state index contributed by atoms with van der Waals surface area (Å²) in [5.41, 5.74) is 3.54. The van der Waals surface area contributed by atoms with Crippen molar-refractivity contribution in [3.05, 3.63) is 41.1 Å². The average molecular weight is 372 g/mol. The molecule has 0 amide bonds. The molecule has 6 heteroatoms. The Hall–Kier alpha value is -2.32. The molecule has 2 aromatic rings. The lowest BCUT2D eigenvalue weighted by atomic mass is 10.1. The zero-order valence-corrected chi connectivity index (χ0v) is 16.4. The first-order valence-electron chi connectivity index (χ1n) is 9.03. The van der Waals surface area contributed by atoms with E-state index in [0.29, 0.717) is 17.6 Å². The summed E-state index contributed by atoms with van der Waals surface area (Å²) in [4.78, 5) is 11.8. The summed E-state index contributed by atoms with van der Waals surface area (Å²) < 4.78 is 0. The second-order valence-corrected chi connectivity index (χ2v) is 6.74. The molecule has 1 aliphatic heterocycles. The van der Waals surface area contributed by atoms with Gasteiger partial charge in [-0.1, -0.05) is 19.4 Å². The first-order chi connectivity index (χ1) is 12.1. The molecule has 1 unspecified atom stereocenters. The van der Waals surface area contributed by atoms with E-state index >= 15 is 0 Å². The van der Waals surface area contributed by atoms with E-state index in [1.165, 1.54) is 12.8 Å². The van der Waals surface area contributed by atoms with Crippen LogP contribution in [0.1, 0.15) is 49.9 Å². The third kappa shape index (κ3) is 4.44. The molecular formula is C20H26ClN5. The van der Waals surface area contributed by atoms with Crippen LogP contribution in [0.4, 0.5) is 17.5 Å². The van der Waals surface area contributed by atoms with Gasteiger partial charge in [-0.2, -0.15) is 10.2 Å². The minimum atomic E-state index is 0. The highest BCUT2D eigenvalue weighted by Gasteiger charge is 2.22. The molecule has 1 aromatic carbocycles. The van der Waals surface area contributed by atoms with Crippen LogP contribution < -0.4 is 10.2 Å². The molecule has 1 atom stereocenters. The number of rotatable bonds is 5. The van der Waals surface area contributed by atoms with Gasteiger partial charge in [-0.25, -0.2) is 4.98 Å². The van der Waals surface area contributed by atoms with Crippen molar-refractivity contribution in [2.75, 3.05) is 16.8 Å². The van der Waals surface area contributed by atoms with Gasteiger partial charge >= 0.3 is 0 Å². The Morgan fingerprint density at radius 2 is 2.12 bits per heavy atom. The Kier molecular flexibility index (Phi) is 6.82. The van der Waals surface area contributed by atoms with Gasteiger partial charge in [0.05, 0.1) is 11.6 Å². The summed E-state index contributed by atoms with van der Waals surface area (Å²) in [6, 6.07) is 10.6. The Labute approximate surface area is 161 Å². The number of hydrogen-bond acceptors (Lipinski definition) is 5. The van der Waals surface area contributed by atoms with Crippen molar-refractivity contribution in [3.8, 4) is 6.07 Å². The largest absolute Gasteiger partial charge is 0.354 e. The minimum absolute atomic E-state index is 0. The van der Waals surface area contributed by atoms with Gasteiger partial charge in [0.2, 0.25) is 5.95 Å². The molecular weight excluding hydrogens is 346 g/mol. The van der Waals surface area contributed by atoms with Gasteiger partial charge in [-0.15, -0.1) is 12.4 Å². The van der Waals surface area contributed by atoms with Crippen molar-refractivity contribution < 1.29 is 0 Å². The van der Waals surface area contributed by atoms with Gasteiger partial charge in [0.15, 0.2) is 0 Å². The molecule has 138 valence electrons. The van der Waals surface area contributed by atoms with Crippen LogP contribution in [0, 0.1) is 18.3 Å². The molecule has 2 heterocycles. The molecule has 1 saturated heterocycles. The minimum Gasteiger partial charge on any atom is -0.354 e. The van der Waals surface area contributed by atoms with E-state index in [-0.39, 0.29) is 12.4 Å². The van der Waals surface area contributed by atoms with Gasteiger partial charge < -0.3 is 10.2 Å². The van der Waals surface area contributed by atoms with Crippen molar-refractivity contribution in [3.63, 3.8) is 0 Å². The summed E-state index contributed by atoms with van der Waals surface area (Å²) in [6.45, 7) is 7.40. The van der Waals surface area contributed by atoms with E-state index in [2.05, 4.69) is 41.2 Å². The third-order valence-electron chi connectivity index (χ3n) is 4.73. The van der Waals surface area contributed by atoms with Gasteiger partial charge in [-0.3, -0.25) is 0 Å². The molecule has 5 nitrogen and oxygen atoms in total. The van der Waals surface area contributed by atoms with Crippen LogP contribution in [-0.4, -0.2) is 22.6 Å². The maximum atomic E-state index is 9.22. The van der Waals surface area contributed by atoms with E-state index in [9.17, 15) is 5.26 Å². The van der Waals surface area contributed by atoms with Crippen molar-refractivity contribution >= 4 is 29.9 Å². The summed E-state index contributed by atoms with van der Waals surface area (Å²) in [6.07, 6.45) is 4.40. The molecule has 0 radical (unpaired) electrons.